The van der Waals surface area contributed by atoms with E-state index < -0.39 is 0 Å². The average Bonchev–Trinajstić information content (AvgIpc) is 3.23. The summed E-state index contributed by atoms with van der Waals surface area (Å²) in [5, 5.41) is 6.71. The fourth-order valence-electron chi connectivity index (χ4n) is 3.57. The predicted molar refractivity (Wildman–Crippen MR) is 141 cm³/mol. The molecule has 6 nitrogen and oxygen atoms in total. The van der Waals surface area contributed by atoms with Crippen molar-refractivity contribution in [3.8, 4) is 0 Å². The van der Waals surface area contributed by atoms with E-state index in [2.05, 4.69) is 59.7 Å². The molecule has 1 aromatic rings. The van der Waals surface area contributed by atoms with Crippen molar-refractivity contribution in [1.82, 2.24) is 15.5 Å². The first kappa shape index (κ1) is 28.1. The molecular weight excluding hydrogens is 503 g/mol. The SMILES string of the molecule is CCCCOCCOCCNC(=NCC1CCN(CCc2ccccc2)C1)NCC.I. The summed E-state index contributed by atoms with van der Waals surface area (Å²) in [6.45, 7) is 13.1. The molecule has 1 saturated heterocycles. The van der Waals surface area contributed by atoms with Gasteiger partial charge in [0, 0.05) is 39.3 Å². The van der Waals surface area contributed by atoms with Crippen molar-refractivity contribution in [2.75, 3.05) is 65.7 Å². The van der Waals surface area contributed by atoms with Crippen LogP contribution in [0.15, 0.2) is 35.3 Å². The van der Waals surface area contributed by atoms with Gasteiger partial charge in [-0.05, 0) is 44.2 Å². The molecule has 1 aromatic carbocycles. The number of nitrogens with zero attached hydrogens (tertiary/aromatic N) is 2. The maximum absolute atomic E-state index is 5.62. The Morgan fingerprint density at radius 2 is 1.84 bits per heavy atom. The first-order valence-electron chi connectivity index (χ1n) is 11.8. The number of likely N-dealkylation sites (tertiary alicyclic amines) is 1. The molecular formula is C24H43IN4O2. The van der Waals surface area contributed by atoms with E-state index >= 15 is 0 Å². The lowest BCUT2D eigenvalue weighted by Crippen LogP contribution is -2.39. The van der Waals surface area contributed by atoms with Gasteiger partial charge in [0.2, 0.25) is 0 Å². The van der Waals surface area contributed by atoms with Crippen LogP contribution in [0.25, 0.3) is 0 Å². The Labute approximate surface area is 206 Å². The lowest BCUT2D eigenvalue weighted by molar-refractivity contribution is 0.0487. The summed E-state index contributed by atoms with van der Waals surface area (Å²) in [6, 6.07) is 10.8. The van der Waals surface area contributed by atoms with E-state index in [-0.39, 0.29) is 24.0 Å². The van der Waals surface area contributed by atoms with Crippen molar-refractivity contribution in [3.63, 3.8) is 0 Å². The Balaban J connectivity index is 0.00000480. The van der Waals surface area contributed by atoms with Crippen LogP contribution in [0.2, 0.25) is 0 Å². The smallest absolute Gasteiger partial charge is 0.191 e. The molecule has 7 heteroatoms. The molecule has 1 heterocycles. The van der Waals surface area contributed by atoms with Crippen LogP contribution < -0.4 is 10.6 Å². The van der Waals surface area contributed by atoms with E-state index in [4.69, 9.17) is 14.5 Å². The van der Waals surface area contributed by atoms with E-state index in [1.54, 1.807) is 0 Å². The third kappa shape index (κ3) is 13.3. The number of rotatable bonds is 15. The summed E-state index contributed by atoms with van der Waals surface area (Å²) in [7, 11) is 0. The van der Waals surface area contributed by atoms with Crippen molar-refractivity contribution >= 4 is 29.9 Å². The summed E-state index contributed by atoms with van der Waals surface area (Å²) < 4.78 is 11.1. The zero-order valence-corrected chi connectivity index (χ0v) is 21.8. The Hall–Kier alpha value is -0.900. The average molecular weight is 547 g/mol. The molecule has 178 valence electrons. The van der Waals surface area contributed by atoms with Gasteiger partial charge in [-0.15, -0.1) is 24.0 Å². The minimum Gasteiger partial charge on any atom is -0.379 e. The molecule has 0 saturated carbocycles. The second-order valence-corrected chi connectivity index (χ2v) is 7.92. The second-order valence-electron chi connectivity index (χ2n) is 7.92. The summed E-state index contributed by atoms with van der Waals surface area (Å²) in [6.07, 6.45) is 4.66. The van der Waals surface area contributed by atoms with Crippen molar-refractivity contribution in [3.05, 3.63) is 35.9 Å². The highest BCUT2D eigenvalue weighted by Gasteiger charge is 2.21. The van der Waals surface area contributed by atoms with Crippen LogP contribution in [0, 0.1) is 5.92 Å². The van der Waals surface area contributed by atoms with Gasteiger partial charge in [0.05, 0.1) is 19.8 Å². The van der Waals surface area contributed by atoms with Crippen molar-refractivity contribution < 1.29 is 9.47 Å². The maximum atomic E-state index is 5.62. The molecule has 1 aliphatic rings. The topological polar surface area (TPSA) is 58.1 Å². The van der Waals surface area contributed by atoms with Crippen LogP contribution in [-0.2, 0) is 15.9 Å². The number of ether oxygens (including phenoxy) is 2. The van der Waals surface area contributed by atoms with Crippen molar-refractivity contribution in [2.45, 2.75) is 39.5 Å². The highest BCUT2D eigenvalue weighted by molar-refractivity contribution is 14.0. The number of aliphatic imine (C=N–C) groups is 1. The first-order valence-corrected chi connectivity index (χ1v) is 11.8. The lowest BCUT2D eigenvalue weighted by atomic mass is 10.1. The molecule has 0 spiro atoms. The van der Waals surface area contributed by atoms with E-state index in [0.29, 0.717) is 25.7 Å². The lowest BCUT2D eigenvalue weighted by Gasteiger charge is -2.16. The number of hydrogen-bond donors (Lipinski definition) is 2. The van der Waals surface area contributed by atoms with E-state index in [1.165, 1.54) is 24.9 Å². The number of benzene rings is 1. The molecule has 0 bridgehead atoms. The molecule has 31 heavy (non-hydrogen) atoms. The molecule has 1 aliphatic heterocycles. The van der Waals surface area contributed by atoms with Crippen LogP contribution in [0.3, 0.4) is 0 Å². The van der Waals surface area contributed by atoms with Crippen LogP contribution >= 0.6 is 24.0 Å². The zero-order valence-electron chi connectivity index (χ0n) is 19.5. The van der Waals surface area contributed by atoms with Gasteiger partial charge in [0.25, 0.3) is 0 Å². The Kier molecular flexibility index (Phi) is 16.9. The number of nitrogens with one attached hydrogen (secondary N) is 2. The minimum absolute atomic E-state index is 0. The Bertz CT molecular complexity index is 574. The van der Waals surface area contributed by atoms with E-state index in [0.717, 1.165) is 58.1 Å². The fraction of sp³-hybridized carbons (Fsp3) is 0.708. The van der Waals surface area contributed by atoms with E-state index in [1.807, 2.05) is 0 Å². The standard InChI is InChI=1S/C24H42N4O2.HI/c1-3-5-16-29-18-19-30-17-13-26-24(25-4-2)27-20-23-12-15-28(21-23)14-11-22-9-7-6-8-10-22;/h6-10,23H,3-5,11-21H2,1-2H3,(H2,25,26,27);1H. The highest BCUT2D eigenvalue weighted by atomic mass is 127. The van der Waals surface area contributed by atoms with Crippen LogP contribution in [0.4, 0.5) is 0 Å². The first-order chi connectivity index (χ1) is 14.8. The molecule has 1 atom stereocenters. The van der Waals surface area contributed by atoms with Gasteiger partial charge >= 0.3 is 0 Å². The molecule has 0 aliphatic carbocycles. The summed E-state index contributed by atoms with van der Waals surface area (Å²) in [4.78, 5) is 7.38. The highest BCUT2D eigenvalue weighted by Crippen LogP contribution is 2.17. The summed E-state index contributed by atoms with van der Waals surface area (Å²) in [5.74, 6) is 1.54. The molecule has 2 rings (SSSR count). The number of unbranched alkanes of at least 4 members (excludes halogenated alkanes) is 1. The molecule has 2 N–H and O–H groups in total. The molecule has 0 radical (unpaired) electrons. The monoisotopic (exact) mass is 546 g/mol. The van der Waals surface area contributed by atoms with Crippen molar-refractivity contribution in [1.29, 1.82) is 0 Å². The van der Waals surface area contributed by atoms with Crippen LogP contribution in [0.5, 0.6) is 0 Å². The van der Waals surface area contributed by atoms with Gasteiger partial charge in [-0.25, -0.2) is 0 Å². The Morgan fingerprint density at radius 1 is 1.06 bits per heavy atom. The molecule has 0 amide bonds. The third-order valence-corrected chi connectivity index (χ3v) is 5.33. The zero-order chi connectivity index (χ0) is 21.3. The van der Waals surface area contributed by atoms with Gasteiger partial charge in [0.1, 0.15) is 0 Å². The third-order valence-electron chi connectivity index (χ3n) is 5.33. The van der Waals surface area contributed by atoms with Gasteiger partial charge < -0.3 is 25.0 Å². The van der Waals surface area contributed by atoms with Gasteiger partial charge in [0.15, 0.2) is 5.96 Å². The Morgan fingerprint density at radius 3 is 2.58 bits per heavy atom. The molecule has 0 aromatic heterocycles. The van der Waals surface area contributed by atoms with Gasteiger partial charge in [-0.2, -0.15) is 0 Å². The normalized spacial score (nSPS) is 16.8. The van der Waals surface area contributed by atoms with Gasteiger partial charge in [-0.3, -0.25) is 4.99 Å². The number of guanidine groups is 1. The van der Waals surface area contributed by atoms with Crippen molar-refractivity contribution in [2.24, 2.45) is 10.9 Å². The van der Waals surface area contributed by atoms with Crippen LogP contribution in [0.1, 0.15) is 38.7 Å². The summed E-state index contributed by atoms with van der Waals surface area (Å²) >= 11 is 0. The van der Waals surface area contributed by atoms with Crippen LogP contribution in [-0.4, -0.2) is 76.6 Å². The molecule has 1 unspecified atom stereocenters. The second kappa shape index (κ2) is 18.7. The largest absolute Gasteiger partial charge is 0.379 e. The van der Waals surface area contributed by atoms with Gasteiger partial charge in [-0.1, -0.05) is 43.7 Å². The summed E-state index contributed by atoms with van der Waals surface area (Å²) in [5.41, 5.74) is 1.42. The maximum Gasteiger partial charge on any atom is 0.191 e. The minimum atomic E-state index is 0. The quantitative estimate of drug-likeness (QED) is 0.153. The number of hydrogen-bond acceptors (Lipinski definition) is 4. The number of halogens is 1. The fourth-order valence-corrected chi connectivity index (χ4v) is 3.57. The van der Waals surface area contributed by atoms with E-state index in [9.17, 15) is 0 Å². The molecule has 1 fully saturated rings. The predicted octanol–water partition coefficient (Wildman–Crippen LogP) is 3.56.